The van der Waals surface area contributed by atoms with Crippen LogP contribution in [0.15, 0.2) is 24.3 Å². The average molecular weight is 362 g/mol. The van der Waals surface area contributed by atoms with E-state index >= 15 is 0 Å². The van der Waals surface area contributed by atoms with Crippen molar-refractivity contribution in [1.29, 1.82) is 0 Å². The maximum Gasteiger partial charge on any atom is 0.379 e. The summed E-state index contributed by atoms with van der Waals surface area (Å²) in [5, 5.41) is 0. The molecule has 0 spiro atoms. The summed E-state index contributed by atoms with van der Waals surface area (Å²) in [7, 11) is 0. The van der Waals surface area contributed by atoms with E-state index in [1.807, 2.05) is 0 Å². The molecule has 0 saturated carbocycles. The second kappa shape index (κ2) is 7.27. The molecular weight excluding hydrogens is 346 g/mol. The summed E-state index contributed by atoms with van der Waals surface area (Å²) in [6.45, 7) is 6.19. The highest BCUT2D eigenvalue weighted by Crippen LogP contribution is 2.48. The molecule has 0 heterocycles. The molecule has 1 atom stereocenters. The SMILES string of the molecule is C=C(C)C(=O)OCC(F)(F)C(F)(F)C(F)(F)C(C)OC(=O)C(=C)C. The Morgan fingerprint density at radius 1 is 0.958 bits per heavy atom. The molecule has 0 aliphatic carbocycles. The molecule has 0 saturated heterocycles. The van der Waals surface area contributed by atoms with Crippen LogP contribution in [0.4, 0.5) is 26.3 Å². The Hall–Kier alpha value is -2.00. The van der Waals surface area contributed by atoms with E-state index in [0.29, 0.717) is 6.92 Å². The Morgan fingerprint density at radius 3 is 1.75 bits per heavy atom. The monoisotopic (exact) mass is 362 g/mol. The Morgan fingerprint density at radius 2 is 1.38 bits per heavy atom. The van der Waals surface area contributed by atoms with Crippen molar-refractivity contribution in [3.05, 3.63) is 24.3 Å². The van der Waals surface area contributed by atoms with E-state index in [1.165, 1.54) is 0 Å². The molecule has 0 aromatic rings. The van der Waals surface area contributed by atoms with Gasteiger partial charge in [0.05, 0.1) is 0 Å². The highest BCUT2D eigenvalue weighted by atomic mass is 19.3. The molecule has 0 N–H and O–H groups in total. The molecule has 0 aromatic carbocycles. The maximum atomic E-state index is 13.7. The smallest absolute Gasteiger partial charge is 0.379 e. The molecule has 138 valence electrons. The molecule has 24 heavy (non-hydrogen) atoms. The van der Waals surface area contributed by atoms with Crippen molar-refractivity contribution in [3.8, 4) is 0 Å². The number of halogens is 6. The van der Waals surface area contributed by atoms with Crippen LogP contribution in [0.1, 0.15) is 20.8 Å². The van der Waals surface area contributed by atoms with Gasteiger partial charge in [-0.2, -0.15) is 26.3 Å². The number of ether oxygens (including phenoxy) is 2. The number of hydrogen-bond donors (Lipinski definition) is 0. The van der Waals surface area contributed by atoms with Crippen LogP contribution in [0.2, 0.25) is 0 Å². The van der Waals surface area contributed by atoms with Gasteiger partial charge < -0.3 is 9.47 Å². The fraction of sp³-hybridized carbons (Fsp3) is 0.571. The van der Waals surface area contributed by atoms with Crippen molar-refractivity contribution < 1.29 is 45.4 Å². The molecule has 0 radical (unpaired) electrons. The number of esters is 2. The van der Waals surface area contributed by atoms with Crippen LogP contribution in [0.5, 0.6) is 0 Å². The van der Waals surface area contributed by atoms with Crippen LogP contribution in [0, 0.1) is 0 Å². The van der Waals surface area contributed by atoms with Crippen molar-refractivity contribution >= 4 is 11.9 Å². The van der Waals surface area contributed by atoms with Crippen molar-refractivity contribution in [1.82, 2.24) is 0 Å². The van der Waals surface area contributed by atoms with Crippen LogP contribution >= 0.6 is 0 Å². The first-order valence-electron chi connectivity index (χ1n) is 6.40. The third kappa shape index (κ3) is 4.51. The lowest BCUT2D eigenvalue weighted by Gasteiger charge is -2.35. The van der Waals surface area contributed by atoms with Crippen LogP contribution in [0.3, 0.4) is 0 Å². The van der Waals surface area contributed by atoms with E-state index in [4.69, 9.17) is 0 Å². The van der Waals surface area contributed by atoms with Gasteiger partial charge in [-0.05, 0) is 20.8 Å². The molecule has 0 aliphatic heterocycles. The topological polar surface area (TPSA) is 52.6 Å². The Labute approximate surface area is 134 Å². The first-order valence-corrected chi connectivity index (χ1v) is 6.40. The number of rotatable bonds is 8. The number of carbonyl (C=O) groups is 2. The van der Waals surface area contributed by atoms with Gasteiger partial charge in [0, 0.05) is 11.1 Å². The Kier molecular flexibility index (Phi) is 6.66. The summed E-state index contributed by atoms with van der Waals surface area (Å²) < 4.78 is 89.4. The zero-order valence-electron chi connectivity index (χ0n) is 13.1. The van der Waals surface area contributed by atoms with Crippen LogP contribution in [0.25, 0.3) is 0 Å². The molecule has 0 rings (SSSR count). The van der Waals surface area contributed by atoms with Crippen LogP contribution in [-0.4, -0.2) is 42.4 Å². The van der Waals surface area contributed by atoms with Crippen molar-refractivity contribution in [3.63, 3.8) is 0 Å². The highest BCUT2D eigenvalue weighted by Gasteiger charge is 2.74. The maximum absolute atomic E-state index is 13.7. The molecule has 0 bridgehead atoms. The van der Waals surface area contributed by atoms with Gasteiger partial charge in [0.15, 0.2) is 12.7 Å². The minimum absolute atomic E-state index is 0.324. The lowest BCUT2D eigenvalue weighted by Crippen LogP contribution is -2.61. The fourth-order valence-electron chi connectivity index (χ4n) is 1.20. The number of carbonyl (C=O) groups excluding carboxylic acids is 2. The van der Waals surface area contributed by atoms with E-state index in [9.17, 15) is 35.9 Å². The molecular formula is C14H16F6O4. The average Bonchev–Trinajstić information content (AvgIpc) is 2.43. The fourth-order valence-corrected chi connectivity index (χ4v) is 1.20. The van der Waals surface area contributed by atoms with Gasteiger partial charge in [0.25, 0.3) is 0 Å². The molecule has 0 aromatic heterocycles. The Bertz CT molecular complexity index is 541. The van der Waals surface area contributed by atoms with E-state index in [-0.39, 0.29) is 11.1 Å². The van der Waals surface area contributed by atoms with E-state index in [2.05, 4.69) is 22.6 Å². The largest absolute Gasteiger partial charge is 0.456 e. The van der Waals surface area contributed by atoms with E-state index in [0.717, 1.165) is 13.8 Å². The van der Waals surface area contributed by atoms with Gasteiger partial charge >= 0.3 is 29.7 Å². The zero-order chi connectivity index (χ0) is 19.5. The predicted molar refractivity (Wildman–Crippen MR) is 71.0 cm³/mol. The summed E-state index contributed by atoms with van der Waals surface area (Å²) in [5.74, 6) is -19.7. The summed E-state index contributed by atoms with van der Waals surface area (Å²) in [5.41, 5.74) is -0.771. The second-order valence-corrected chi connectivity index (χ2v) is 5.09. The van der Waals surface area contributed by atoms with Gasteiger partial charge in [-0.25, -0.2) is 9.59 Å². The molecule has 0 aliphatic rings. The molecule has 0 fully saturated rings. The Balaban J connectivity index is 5.34. The third-order valence-corrected chi connectivity index (χ3v) is 2.75. The summed E-state index contributed by atoms with van der Waals surface area (Å²) in [6, 6.07) is 0. The first kappa shape index (κ1) is 22.0. The minimum Gasteiger partial charge on any atom is -0.456 e. The summed E-state index contributed by atoms with van der Waals surface area (Å²) in [6.07, 6.45) is -2.89. The second-order valence-electron chi connectivity index (χ2n) is 5.09. The number of hydrogen-bond acceptors (Lipinski definition) is 4. The van der Waals surface area contributed by atoms with Crippen LogP contribution in [-0.2, 0) is 19.1 Å². The number of alkyl halides is 6. The quantitative estimate of drug-likeness (QED) is 0.377. The van der Waals surface area contributed by atoms with Gasteiger partial charge in [0.1, 0.15) is 0 Å². The van der Waals surface area contributed by atoms with Gasteiger partial charge in [0.2, 0.25) is 0 Å². The molecule has 4 nitrogen and oxygen atoms in total. The van der Waals surface area contributed by atoms with Crippen molar-refractivity contribution in [2.45, 2.75) is 44.6 Å². The summed E-state index contributed by atoms with van der Waals surface area (Å²) >= 11 is 0. The first-order chi connectivity index (χ1) is 10.6. The van der Waals surface area contributed by atoms with Gasteiger partial charge in [-0.3, -0.25) is 0 Å². The van der Waals surface area contributed by atoms with Crippen molar-refractivity contribution in [2.24, 2.45) is 0 Å². The van der Waals surface area contributed by atoms with Crippen LogP contribution < -0.4 is 0 Å². The lowest BCUT2D eigenvalue weighted by molar-refractivity contribution is -0.337. The van der Waals surface area contributed by atoms with Crippen molar-refractivity contribution in [2.75, 3.05) is 6.61 Å². The normalized spacial score (nSPS) is 13.9. The van der Waals surface area contributed by atoms with Gasteiger partial charge in [-0.1, -0.05) is 13.2 Å². The standard InChI is InChI=1S/C14H16F6O4/c1-7(2)10(21)23-6-12(15,16)14(19,20)13(17,18)9(5)24-11(22)8(3)4/h9H,1,3,6H2,2,4-5H3. The molecule has 1 unspecified atom stereocenters. The highest BCUT2D eigenvalue weighted by molar-refractivity contribution is 5.87. The third-order valence-electron chi connectivity index (χ3n) is 2.75. The van der Waals surface area contributed by atoms with E-state index in [1.54, 1.807) is 0 Å². The molecule has 10 heteroatoms. The minimum atomic E-state index is -5.97. The molecule has 0 amide bonds. The zero-order valence-corrected chi connectivity index (χ0v) is 13.1. The van der Waals surface area contributed by atoms with Gasteiger partial charge in [-0.15, -0.1) is 0 Å². The predicted octanol–water partition coefficient (Wildman–Crippen LogP) is 3.52. The van der Waals surface area contributed by atoms with E-state index < -0.39 is 42.4 Å². The lowest BCUT2D eigenvalue weighted by atomic mass is 10.0. The summed E-state index contributed by atoms with van der Waals surface area (Å²) in [4.78, 5) is 22.1.